The van der Waals surface area contributed by atoms with Crippen molar-refractivity contribution in [3.63, 3.8) is 0 Å². The highest BCUT2D eigenvalue weighted by atomic mass is 32.1. The van der Waals surface area contributed by atoms with Crippen molar-refractivity contribution in [2.75, 3.05) is 6.54 Å². The third-order valence-corrected chi connectivity index (χ3v) is 7.16. The first-order valence-electron chi connectivity index (χ1n) is 11.3. The number of fused-ring (bicyclic) bond motifs is 1. The lowest BCUT2D eigenvalue weighted by Crippen LogP contribution is -2.32. The minimum Gasteiger partial charge on any atom is -0.489 e. The number of hydrogen-bond acceptors (Lipinski definition) is 4. The first-order chi connectivity index (χ1) is 16.0. The molecule has 1 aliphatic rings. The van der Waals surface area contributed by atoms with Gasteiger partial charge in [0.05, 0.1) is 12.3 Å². The van der Waals surface area contributed by atoms with Crippen LogP contribution in [-0.4, -0.2) is 22.5 Å². The SMILES string of the molecule is CC#C[C@@H](CC(=O)O)c1ccc(OCc2cccc(CN3CCc4sccc4C3C)c2)cc1. The maximum atomic E-state index is 11.1. The smallest absolute Gasteiger partial charge is 0.304 e. The molecule has 2 heterocycles. The molecule has 0 aliphatic carbocycles. The summed E-state index contributed by atoms with van der Waals surface area (Å²) in [7, 11) is 0. The Balaban J connectivity index is 1.36. The molecule has 0 bridgehead atoms. The lowest BCUT2D eigenvalue weighted by molar-refractivity contribution is -0.137. The van der Waals surface area contributed by atoms with Crippen LogP contribution >= 0.6 is 11.3 Å². The summed E-state index contributed by atoms with van der Waals surface area (Å²) in [6.45, 7) is 6.54. The molecule has 5 heteroatoms. The van der Waals surface area contributed by atoms with Gasteiger partial charge in [0.2, 0.25) is 0 Å². The molecular weight excluding hydrogens is 430 g/mol. The topological polar surface area (TPSA) is 49.8 Å². The third kappa shape index (κ3) is 5.84. The predicted molar refractivity (Wildman–Crippen MR) is 133 cm³/mol. The van der Waals surface area contributed by atoms with Crippen molar-refractivity contribution in [3.05, 3.63) is 87.1 Å². The van der Waals surface area contributed by atoms with E-state index < -0.39 is 5.97 Å². The molecule has 0 radical (unpaired) electrons. The molecule has 0 spiro atoms. The minimum atomic E-state index is -0.849. The Morgan fingerprint density at radius 2 is 2.00 bits per heavy atom. The highest BCUT2D eigenvalue weighted by molar-refractivity contribution is 7.10. The van der Waals surface area contributed by atoms with Gasteiger partial charge in [0.25, 0.3) is 0 Å². The van der Waals surface area contributed by atoms with Crippen LogP contribution in [0.1, 0.15) is 59.4 Å². The fourth-order valence-electron chi connectivity index (χ4n) is 4.39. The second-order valence-electron chi connectivity index (χ2n) is 8.42. The van der Waals surface area contributed by atoms with E-state index in [2.05, 4.69) is 59.4 Å². The summed E-state index contributed by atoms with van der Waals surface area (Å²) >= 11 is 1.88. The summed E-state index contributed by atoms with van der Waals surface area (Å²) in [4.78, 5) is 15.2. The van der Waals surface area contributed by atoms with Gasteiger partial charge in [-0.3, -0.25) is 9.69 Å². The maximum Gasteiger partial charge on any atom is 0.304 e. The van der Waals surface area contributed by atoms with Gasteiger partial charge in [-0.1, -0.05) is 42.3 Å². The molecule has 0 saturated heterocycles. The first kappa shape index (κ1) is 23.1. The Bertz CT molecular complexity index is 1160. The molecule has 0 fully saturated rings. The van der Waals surface area contributed by atoms with Crippen molar-refractivity contribution in [2.45, 2.75) is 51.8 Å². The van der Waals surface area contributed by atoms with Crippen molar-refractivity contribution in [1.82, 2.24) is 4.90 Å². The molecule has 1 aromatic heterocycles. The van der Waals surface area contributed by atoms with Gasteiger partial charge in [-0.15, -0.1) is 17.3 Å². The normalized spacial score (nSPS) is 16.4. The molecule has 1 unspecified atom stereocenters. The van der Waals surface area contributed by atoms with Crippen molar-refractivity contribution >= 4 is 17.3 Å². The number of nitrogens with zero attached hydrogens (tertiary/aromatic N) is 1. The van der Waals surface area contributed by atoms with Crippen LogP contribution in [0, 0.1) is 11.8 Å². The van der Waals surface area contributed by atoms with E-state index in [1.807, 2.05) is 35.6 Å². The zero-order valence-electron chi connectivity index (χ0n) is 19.1. The molecule has 4 nitrogen and oxygen atoms in total. The lowest BCUT2D eigenvalue weighted by Gasteiger charge is -2.33. The Kier molecular flexibility index (Phi) is 7.49. The van der Waals surface area contributed by atoms with Crippen LogP contribution in [0.5, 0.6) is 5.75 Å². The van der Waals surface area contributed by atoms with Gasteiger partial charge in [-0.2, -0.15) is 0 Å². The van der Waals surface area contributed by atoms with Gasteiger partial charge in [-0.05, 0) is 66.1 Å². The fraction of sp³-hybridized carbons (Fsp3) is 0.321. The van der Waals surface area contributed by atoms with Gasteiger partial charge in [0.15, 0.2) is 0 Å². The number of ether oxygens (including phenoxy) is 1. The van der Waals surface area contributed by atoms with Crippen LogP contribution in [-0.2, 0) is 24.4 Å². The molecule has 2 aromatic carbocycles. The molecule has 0 saturated carbocycles. The van der Waals surface area contributed by atoms with E-state index in [1.165, 1.54) is 16.0 Å². The highest BCUT2D eigenvalue weighted by Gasteiger charge is 2.24. The second-order valence-corrected chi connectivity index (χ2v) is 9.42. The summed E-state index contributed by atoms with van der Waals surface area (Å²) in [5.74, 6) is 5.41. The fourth-order valence-corrected chi connectivity index (χ4v) is 5.36. The Labute approximate surface area is 199 Å². The van der Waals surface area contributed by atoms with Gasteiger partial charge in [0.1, 0.15) is 12.4 Å². The monoisotopic (exact) mass is 459 g/mol. The van der Waals surface area contributed by atoms with E-state index in [-0.39, 0.29) is 12.3 Å². The van der Waals surface area contributed by atoms with E-state index in [0.29, 0.717) is 12.6 Å². The summed E-state index contributed by atoms with van der Waals surface area (Å²) in [5.41, 5.74) is 4.81. The van der Waals surface area contributed by atoms with Gasteiger partial charge < -0.3 is 9.84 Å². The predicted octanol–water partition coefficient (Wildman–Crippen LogP) is 6.03. The molecule has 2 atom stereocenters. The number of aliphatic carboxylic acids is 1. The van der Waals surface area contributed by atoms with Crippen LogP contribution in [0.15, 0.2) is 60.0 Å². The summed E-state index contributed by atoms with van der Waals surface area (Å²) < 4.78 is 6.01. The Hall–Kier alpha value is -3.07. The summed E-state index contributed by atoms with van der Waals surface area (Å²) in [5, 5.41) is 11.3. The molecular formula is C28H29NO3S. The number of carboxylic acid groups (broad SMARTS) is 1. The lowest BCUT2D eigenvalue weighted by atomic mass is 9.96. The Morgan fingerprint density at radius 3 is 2.76 bits per heavy atom. The van der Waals surface area contributed by atoms with E-state index in [4.69, 9.17) is 9.84 Å². The number of hydrogen-bond donors (Lipinski definition) is 1. The number of rotatable bonds is 8. The van der Waals surface area contributed by atoms with Crippen LogP contribution < -0.4 is 4.74 Å². The van der Waals surface area contributed by atoms with E-state index in [0.717, 1.165) is 36.4 Å². The van der Waals surface area contributed by atoms with E-state index >= 15 is 0 Å². The quantitative estimate of drug-likeness (QED) is 0.418. The maximum absolute atomic E-state index is 11.1. The van der Waals surface area contributed by atoms with Crippen molar-refractivity contribution in [2.24, 2.45) is 0 Å². The standard InChI is InChI=1S/C28H29NO3S/c1-3-5-24(17-28(30)31)23-8-10-25(11-9-23)32-19-22-7-4-6-21(16-22)18-29-14-12-27-26(20(29)2)13-15-33-27/h4,6-11,13,15-16,20,24H,12,14,17-19H2,1-2H3,(H,30,31)/t20?,24-/m0/s1. The molecule has 1 N–H and O–H groups in total. The van der Waals surface area contributed by atoms with Gasteiger partial charge >= 0.3 is 5.97 Å². The van der Waals surface area contributed by atoms with Crippen molar-refractivity contribution in [1.29, 1.82) is 0 Å². The minimum absolute atomic E-state index is 0.00279. The average molecular weight is 460 g/mol. The second kappa shape index (κ2) is 10.7. The van der Waals surface area contributed by atoms with Crippen LogP contribution in [0.25, 0.3) is 0 Å². The number of carbonyl (C=O) groups is 1. The number of benzene rings is 2. The summed E-state index contributed by atoms with van der Waals surface area (Å²) in [6, 6.07) is 18.9. The first-order valence-corrected chi connectivity index (χ1v) is 12.2. The van der Waals surface area contributed by atoms with Crippen LogP contribution in [0.4, 0.5) is 0 Å². The largest absolute Gasteiger partial charge is 0.489 e. The zero-order valence-corrected chi connectivity index (χ0v) is 19.9. The van der Waals surface area contributed by atoms with Gasteiger partial charge in [-0.25, -0.2) is 0 Å². The molecule has 4 rings (SSSR count). The third-order valence-electron chi connectivity index (χ3n) is 6.17. The molecule has 33 heavy (non-hydrogen) atoms. The Morgan fingerprint density at radius 1 is 1.21 bits per heavy atom. The summed E-state index contributed by atoms with van der Waals surface area (Å²) in [6.07, 6.45) is 1.13. The zero-order chi connectivity index (χ0) is 23.2. The van der Waals surface area contributed by atoms with Crippen LogP contribution in [0.2, 0.25) is 0 Å². The van der Waals surface area contributed by atoms with E-state index in [9.17, 15) is 4.79 Å². The number of thiophene rings is 1. The van der Waals surface area contributed by atoms with Gasteiger partial charge in [0, 0.05) is 24.0 Å². The van der Waals surface area contributed by atoms with Crippen molar-refractivity contribution < 1.29 is 14.6 Å². The van der Waals surface area contributed by atoms with Crippen LogP contribution in [0.3, 0.4) is 0 Å². The molecule has 3 aromatic rings. The highest BCUT2D eigenvalue weighted by Crippen LogP contribution is 2.33. The van der Waals surface area contributed by atoms with E-state index in [1.54, 1.807) is 6.92 Å². The molecule has 0 amide bonds. The molecule has 170 valence electrons. The average Bonchev–Trinajstić information content (AvgIpc) is 3.29. The van der Waals surface area contributed by atoms with Crippen molar-refractivity contribution in [3.8, 4) is 17.6 Å². The molecule has 1 aliphatic heterocycles. The number of carboxylic acids is 1.